The van der Waals surface area contributed by atoms with Crippen molar-refractivity contribution in [3.63, 3.8) is 0 Å². The molecule has 0 aliphatic heterocycles. The van der Waals surface area contributed by atoms with E-state index in [4.69, 9.17) is 23.2 Å². The van der Waals surface area contributed by atoms with Crippen molar-refractivity contribution in [3.05, 3.63) is 32.3 Å². The van der Waals surface area contributed by atoms with E-state index in [1.165, 1.54) is 11.3 Å². The van der Waals surface area contributed by atoms with Crippen LogP contribution in [0, 0.1) is 0 Å². The summed E-state index contributed by atoms with van der Waals surface area (Å²) >= 11 is 15.0. The van der Waals surface area contributed by atoms with Gasteiger partial charge in [0.25, 0.3) is 0 Å². The van der Waals surface area contributed by atoms with E-state index in [-0.39, 0.29) is 5.28 Å². The molecule has 1 N–H and O–H groups in total. The third-order valence-corrected chi connectivity index (χ3v) is 4.58. The zero-order valence-corrected chi connectivity index (χ0v) is 12.0. The highest BCUT2D eigenvalue weighted by Gasteiger charge is 2.11. The molecule has 3 rings (SSSR count). The first-order valence-electron chi connectivity index (χ1n) is 4.96. The molecule has 0 radical (unpaired) electrons. The van der Waals surface area contributed by atoms with Crippen LogP contribution in [0.5, 0.6) is 0 Å². The summed E-state index contributed by atoms with van der Waals surface area (Å²) in [5.41, 5.74) is 0.684. The van der Waals surface area contributed by atoms with Crippen molar-refractivity contribution in [2.24, 2.45) is 0 Å². The highest BCUT2D eigenvalue weighted by molar-refractivity contribution is 7.18. The minimum atomic E-state index is 0.185. The fraction of sp³-hybridized carbons (Fsp3) is 0.100. The van der Waals surface area contributed by atoms with Crippen molar-refractivity contribution in [2.75, 3.05) is 5.32 Å². The Kier molecular flexibility index (Phi) is 3.34. The maximum atomic E-state index is 6.04. The summed E-state index contributed by atoms with van der Waals surface area (Å²) in [6.45, 7) is 0.607. The number of rotatable bonds is 3. The van der Waals surface area contributed by atoms with Crippen LogP contribution in [0.1, 0.15) is 5.01 Å². The van der Waals surface area contributed by atoms with Gasteiger partial charge >= 0.3 is 0 Å². The van der Waals surface area contributed by atoms with Crippen LogP contribution in [0.3, 0.4) is 0 Å². The largest absolute Gasteiger partial charge is 0.362 e. The molecule has 0 bridgehead atoms. The summed E-state index contributed by atoms with van der Waals surface area (Å²) in [6, 6.07) is 0. The van der Waals surface area contributed by atoms with Crippen LogP contribution >= 0.6 is 45.9 Å². The molecule has 3 aromatic heterocycles. The van der Waals surface area contributed by atoms with Crippen molar-refractivity contribution in [3.8, 4) is 0 Å². The van der Waals surface area contributed by atoms with Gasteiger partial charge in [0, 0.05) is 17.0 Å². The van der Waals surface area contributed by atoms with E-state index in [9.17, 15) is 0 Å². The van der Waals surface area contributed by atoms with Gasteiger partial charge in [0.2, 0.25) is 5.28 Å². The highest BCUT2D eigenvalue weighted by Crippen LogP contribution is 2.33. The Bertz CT molecular complexity index is 681. The number of aromatic nitrogens is 3. The van der Waals surface area contributed by atoms with Gasteiger partial charge in [0.05, 0.1) is 16.3 Å². The van der Waals surface area contributed by atoms with Crippen molar-refractivity contribution in [1.29, 1.82) is 0 Å². The SMILES string of the molecule is Clc1nc(NCc2nccs2)c2scc(Cl)c2n1. The molecule has 3 aromatic rings. The Morgan fingerprint density at radius 1 is 1.22 bits per heavy atom. The normalized spacial score (nSPS) is 11.0. The molecule has 8 heteroatoms. The second-order valence-electron chi connectivity index (χ2n) is 3.38. The zero-order chi connectivity index (χ0) is 12.5. The second kappa shape index (κ2) is 4.97. The molecule has 0 spiro atoms. The van der Waals surface area contributed by atoms with Crippen LogP contribution in [0.2, 0.25) is 10.3 Å². The fourth-order valence-corrected chi connectivity index (χ4v) is 3.36. The monoisotopic (exact) mass is 316 g/mol. The molecular formula is C10H6Cl2N4S2. The minimum Gasteiger partial charge on any atom is -0.362 e. The maximum Gasteiger partial charge on any atom is 0.225 e. The van der Waals surface area contributed by atoms with E-state index in [1.807, 2.05) is 10.8 Å². The van der Waals surface area contributed by atoms with Crippen LogP contribution in [0.4, 0.5) is 5.82 Å². The lowest BCUT2D eigenvalue weighted by molar-refractivity contribution is 1.08. The van der Waals surface area contributed by atoms with Gasteiger partial charge in [-0.1, -0.05) is 11.6 Å². The number of fused-ring (bicyclic) bond motifs is 1. The Labute approximate surface area is 121 Å². The standard InChI is InChI=1S/C10H6Cl2N4S2/c11-5-4-18-8-7(5)15-10(12)16-9(8)14-3-6-13-1-2-17-6/h1-2,4H,3H2,(H,14,15,16). The molecule has 92 valence electrons. The third-order valence-electron chi connectivity index (χ3n) is 2.24. The second-order valence-corrected chi connectivity index (χ2v) is 5.99. The van der Waals surface area contributed by atoms with Crippen molar-refractivity contribution in [2.45, 2.75) is 6.54 Å². The lowest BCUT2D eigenvalue weighted by Crippen LogP contribution is -2.02. The summed E-state index contributed by atoms with van der Waals surface area (Å²) in [5.74, 6) is 0.692. The molecule has 0 aliphatic rings. The van der Waals surface area contributed by atoms with Crippen LogP contribution in [-0.4, -0.2) is 15.0 Å². The molecule has 18 heavy (non-hydrogen) atoms. The maximum absolute atomic E-state index is 6.04. The first-order chi connectivity index (χ1) is 8.74. The number of hydrogen-bond acceptors (Lipinski definition) is 6. The molecule has 0 saturated heterocycles. The fourth-order valence-electron chi connectivity index (χ4n) is 1.48. The number of halogens is 2. The quantitative estimate of drug-likeness (QED) is 0.740. The van der Waals surface area contributed by atoms with Gasteiger partial charge in [-0.2, -0.15) is 4.98 Å². The van der Waals surface area contributed by atoms with Crippen LogP contribution < -0.4 is 5.32 Å². The average molecular weight is 317 g/mol. The van der Waals surface area contributed by atoms with E-state index in [1.54, 1.807) is 17.5 Å². The molecule has 4 nitrogen and oxygen atoms in total. The van der Waals surface area contributed by atoms with Gasteiger partial charge in [0.15, 0.2) is 0 Å². The minimum absolute atomic E-state index is 0.185. The number of hydrogen-bond donors (Lipinski definition) is 1. The Hall–Kier alpha value is -0.950. The molecule has 0 amide bonds. The van der Waals surface area contributed by atoms with Gasteiger partial charge in [-0.15, -0.1) is 22.7 Å². The summed E-state index contributed by atoms with van der Waals surface area (Å²) < 4.78 is 0.904. The third kappa shape index (κ3) is 2.29. The molecule has 0 saturated carbocycles. The highest BCUT2D eigenvalue weighted by atomic mass is 35.5. The summed E-state index contributed by atoms with van der Waals surface area (Å²) in [6.07, 6.45) is 1.77. The Morgan fingerprint density at radius 2 is 2.11 bits per heavy atom. The van der Waals surface area contributed by atoms with Crippen LogP contribution in [-0.2, 0) is 6.54 Å². The first-order valence-corrected chi connectivity index (χ1v) is 7.48. The summed E-state index contributed by atoms with van der Waals surface area (Å²) in [5, 5.41) is 8.73. The number of thiophene rings is 1. The molecule has 0 aromatic carbocycles. The van der Waals surface area contributed by atoms with E-state index in [0.29, 0.717) is 22.9 Å². The topological polar surface area (TPSA) is 50.7 Å². The predicted molar refractivity (Wildman–Crippen MR) is 76.9 cm³/mol. The molecule has 0 atom stereocenters. The number of anilines is 1. The first kappa shape index (κ1) is 12.1. The van der Waals surface area contributed by atoms with E-state index < -0.39 is 0 Å². The van der Waals surface area contributed by atoms with Gasteiger partial charge in [0.1, 0.15) is 16.3 Å². The lowest BCUT2D eigenvalue weighted by atomic mass is 10.4. The Morgan fingerprint density at radius 3 is 2.89 bits per heavy atom. The van der Waals surface area contributed by atoms with Gasteiger partial charge in [-0.05, 0) is 11.6 Å². The summed E-state index contributed by atoms with van der Waals surface area (Å²) in [7, 11) is 0. The number of thiazole rings is 1. The van der Waals surface area contributed by atoms with E-state index in [2.05, 4.69) is 20.3 Å². The smallest absolute Gasteiger partial charge is 0.225 e. The van der Waals surface area contributed by atoms with Crippen molar-refractivity contribution in [1.82, 2.24) is 15.0 Å². The molecule has 0 unspecified atom stereocenters. The summed E-state index contributed by atoms with van der Waals surface area (Å²) in [4.78, 5) is 12.5. The molecule has 0 fully saturated rings. The number of nitrogens with one attached hydrogen (secondary N) is 1. The van der Waals surface area contributed by atoms with Gasteiger partial charge in [-0.3, -0.25) is 0 Å². The van der Waals surface area contributed by atoms with Crippen LogP contribution in [0.15, 0.2) is 17.0 Å². The van der Waals surface area contributed by atoms with E-state index >= 15 is 0 Å². The lowest BCUT2D eigenvalue weighted by Gasteiger charge is -2.04. The van der Waals surface area contributed by atoms with Gasteiger partial charge < -0.3 is 5.32 Å². The van der Waals surface area contributed by atoms with E-state index in [0.717, 1.165) is 9.71 Å². The van der Waals surface area contributed by atoms with Crippen molar-refractivity contribution >= 4 is 61.9 Å². The zero-order valence-electron chi connectivity index (χ0n) is 8.85. The Balaban J connectivity index is 1.95. The van der Waals surface area contributed by atoms with Crippen LogP contribution in [0.25, 0.3) is 10.2 Å². The molecule has 3 heterocycles. The predicted octanol–water partition coefficient (Wildman–Crippen LogP) is 4.07. The van der Waals surface area contributed by atoms with Crippen molar-refractivity contribution < 1.29 is 0 Å². The number of nitrogens with zero attached hydrogens (tertiary/aromatic N) is 3. The molecule has 0 aliphatic carbocycles. The van der Waals surface area contributed by atoms with Gasteiger partial charge in [-0.25, -0.2) is 9.97 Å². The average Bonchev–Trinajstić information content (AvgIpc) is 2.97. The molecular weight excluding hydrogens is 311 g/mol.